The number of fused-ring (bicyclic) bond motifs is 1. The summed E-state index contributed by atoms with van der Waals surface area (Å²) in [6.45, 7) is 10.5. The van der Waals surface area contributed by atoms with Gasteiger partial charge in [0.05, 0.1) is 23.8 Å². The summed E-state index contributed by atoms with van der Waals surface area (Å²) < 4.78 is 0. The molecule has 1 saturated heterocycles. The van der Waals surface area contributed by atoms with E-state index in [1.54, 1.807) is 6.20 Å². The zero-order chi connectivity index (χ0) is 17.7. The number of anilines is 1. The largest absolute Gasteiger partial charge is 0.356 e. The second kappa shape index (κ2) is 5.79. The van der Waals surface area contributed by atoms with Crippen molar-refractivity contribution >= 4 is 11.7 Å². The summed E-state index contributed by atoms with van der Waals surface area (Å²) in [5.41, 5.74) is 4.71. The third-order valence-corrected chi connectivity index (χ3v) is 5.33. The molecule has 0 unspecified atom stereocenters. The first-order valence-electron chi connectivity index (χ1n) is 8.82. The molecule has 6 heteroatoms. The highest BCUT2D eigenvalue weighted by Crippen LogP contribution is 2.39. The van der Waals surface area contributed by atoms with Crippen LogP contribution in [0.25, 0.3) is 0 Å². The highest BCUT2D eigenvalue weighted by molar-refractivity contribution is 5.95. The number of carbonyl (C=O) groups is 1. The van der Waals surface area contributed by atoms with Crippen LogP contribution in [0.2, 0.25) is 0 Å². The standard InChI is InChI=1S/C19H23N5O/c1-11-8-15(9-20-12(11)2)19(25)24-10-16-17(13(24)3)18(22-14(4)21-16)23-6-5-7-23/h8-9,13H,5-7,10H2,1-4H3/t13-/m1/s1. The number of aryl methyl sites for hydroxylation is 3. The fraction of sp³-hybridized carbons (Fsp3) is 0.474. The van der Waals surface area contributed by atoms with E-state index >= 15 is 0 Å². The molecule has 2 aliphatic heterocycles. The molecule has 0 aromatic carbocycles. The van der Waals surface area contributed by atoms with Crippen molar-refractivity contribution in [3.8, 4) is 0 Å². The van der Waals surface area contributed by atoms with Crippen molar-refractivity contribution in [2.45, 2.75) is 46.7 Å². The summed E-state index contributed by atoms with van der Waals surface area (Å²) in [6, 6.07) is 1.90. The third kappa shape index (κ3) is 2.56. The molecule has 1 amide bonds. The number of rotatable bonds is 2. The summed E-state index contributed by atoms with van der Waals surface area (Å²) >= 11 is 0. The van der Waals surface area contributed by atoms with Crippen LogP contribution in [0.3, 0.4) is 0 Å². The number of pyridine rings is 1. The van der Waals surface area contributed by atoms with E-state index in [0.717, 1.165) is 47.2 Å². The maximum atomic E-state index is 13.1. The van der Waals surface area contributed by atoms with Gasteiger partial charge in [-0.15, -0.1) is 0 Å². The number of carbonyl (C=O) groups excluding carboxylic acids is 1. The van der Waals surface area contributed by atoms with Crippen LogP contribution < -0.4 is 4.90 Å². The maximum Gasteiger partial charge on any atom is 0.256 e. The molecule has 4 heterocycles. The first kappa shape index (κ1) is 16.0. The van der Waals surface area contributed by atoms with E-state index in [2.05, 4.69) is 26.8 Å². The van der Waals surface area contributed by atoms with Gasteiger partial charge in [0, 0.05) is 30.5 Å². The van der Waals surface area contributed by atoms with E-state index in [4.69, 9.17) is 0 Å². The molecule has 0 spiro atoms. The van der Waals surface area contributed by atoms with Crippen LogP contribution in [0.15, 0.2) is 12.3 Å². The highest BCUT2D eigenvalue weighted by Gasteiger charge is 2.37. The average Bonchev–Trinajstić information content (AvgIpc) is 2.84. The van der Waals surface area contributed by atoms with E-state index in [1.165, 1.54) is 6.42 Å². The minimum Gasteiger partial charge on any atom is -0.356 e. The van der Waals surface area contributed by atoms with Gasteiger partial charge in [0.2, 0.25) is 0 Å². The van der Waals surface area contributed by atoms with Crippen molar-refractivity contribution in [2.75, 3.05) is 18.0 Å². The first-order valence-corrected chi connectivity index (χ1v) is 8.82. The highest BCUT2D eigenvalue weighted by atomic mass is 16.2. The average molecular weight is 337 g/mol. The van der Waals surface area contributed by atoms with Crippen molar-refractivity contribution in [2.24, 2.45) is 0 Å². The molecule has 2 aromatic heterocycles. The molecular formula is C19H23N5O. The number of hydrogen-bond donors (Lipinski definition) is 0. The Morgan fingerprint density at radius 2 is 1.96 bits per heavy atom. The summed E-state index contributed by atoms with van der Waals surface area (Å²) in [7, 11) is 0. The van der Waals surface area contributed by atoms with Crippen molar-refractivity contribution < 1.29 is 4.79 Å². The second-order valence-corrected chi connectivity index (χ2v) is 7.03. The van der Waals surface area contributed by atoms with Gasteiger partial charge in [0.15, 0.2) is 0 Å². The van der Waals surface area contributed by atoms with Gasteiger partial charge in [-0.05, 0) is 45.7 Å². The summed E-state index contributed by atoms with van der Waals surface area (Å²) in [5, 5.41) is 0. The smallest absolute Gasteiger partial charge is 0.256 e. The van der Waals surface area contributed by atoms with Gasteiger partial charge in [-0.25, -0.2) is 9.97 Å². The van der Waals surface area contributed by atoms with Crippen LogP contribution in [-0.2, 0) is 6.54 Å². The van der Waals surface area contributed by atoms with Crippen LogP contribution in [-0.4, -0.2) is 38.8 Å². The molecule has 0 bridgehead atoms. The summed E-state index contributed by atoms with van der Waals surface area (Å²) in [5.74, 6) is 1.79. The summed E-state index contributed by atoms with van der Waals surface area (Å²) in [4.78, 5) is 30.9. The van der Waals surface area contributed by atoms with Crippen molar-refractivity contribution in [3.63, 3.8) is 0 Å². The molecule has 25 heavy (non-hydrogen) atoms. The Morgan fingerprint density at radius 3 is 2.60 bits per heavy atom. The van der Waals surface area contributed by atoms with Crippen LogP contribution in [0.1, 0.15) is 58.1 Å². The lowest BCUT2D eigenvalue weighted by Gasteiger charge is -2.34. The first-order chi connectivity index (χ1) is 12.0. The predicted octanol–water partition coefficient (Wildman–Crippen LogP) is 2.72. The molecular weight excluding hydrogens is 314 g/mol. The van der Waals surface area contributed by atoms with E-state index < -0.39 is 0 Å². The monoisotopic (exact) mass is 337 g/mol. The SMILES string of the molecule is Cc1nc2c(c(N3CCC3)n1)[C@@H](C)N(C(=O)c1cnc(C)c(C)c1)C2. The van der Waals surface area contributed by atoms with Gasteiger partial charge in [-0.3, -0.25) is 9.78 Å². The lowest BCUT2D eigenvalue weighted by Crippen LogP contribution is -2.39. The molecule has 0 N–H and O–H groups in total. The van der Waals surface area contributed by atoms with Gasteiger partial charge < -0.3 is 9.80 Å². The minimum absolute atomic E-state index is 0.00770. The molecule has 0 aliphatic carbocycles. The lowest BCUT2D eigenvalue weighted by atomic mass is 10.1. The molecule has 2 aromatic rings. The normalized spacial score (nSPS) is 19.0. The second-order valence-electron chi connectivity index (χ2n) is 7.03. The topological polar surface area (TPSA) is 62.2 Å². The molecule has 6 nitrogen and oxygen atoms in total. The van der Waals surface area contributed by atoms with E-state index in [1.807, 2.05) is 31.7 Å². The van der Waals surface area contributed by atoms with Crippen LogP contribution in [0, 0.1) is 20.8 Å². The van der Waals surface area contributed by atoms with Crippen LogP contribution >= 0.6 is 0 Å². The van der Waals surface area contributed by atoms with Gasteiger partial charge in [-0.2, -0.15) is 0 Å². The molecule has 130 valence electrons. The van der Waals surface area contributed by atoms with Crippen molar-refractivity contribution in [3.05, 3.63) is 46.2 Å². The van der Waals surface area contributed by atoms with Crippen molar-refractivity contribution in [1.29, 1.82) is 0 Å². The zero-order valence-corrected chi connectivity index (χ0v) is 15.2. The number of hydrogen-bond acceptors (Lipinski definition) is 5. The number of amides is 1. The van der Waals surface area contributed by atoms with E-state index in [9.17, 15) is 4.79 Å². The minimum atomic E-state index is -0.0275. The van der Waals surface area contributed by atoms with Gasteiger partial charge in [0.1, 0.15) is 11.6 Å². The Hall–Kier alpha value is -2.50. The molecule has 1 fully saturated rings. The number of aromatic nitrogens is 3. The Kier molecular flexibility index (Phi) is 3.71. The quantitative estimate of drug-likeness (QED) is 0.843. The third-order valence-electron chi connectivity index (χ3n) is 5.33. The van der Waals surface area contributed by atoms with Crippen molar-refractivity contribution in [1.82, 2.24) is 19.9 Å². The van der Waals surface area contributed by atoms with Crippen LogP contribution in [0.4, 0.5) is 5.82 Å². The van der Waals surface area contributed by atoms with E-state index in [0.29, 0.717) is 12.1 Å². The lowest BCUT2D eigenvalue weighted by molar-refractivity contribution is 0.0703. The molecule has 1 atom stereocenters. The maximum absolute atomic E-state index is 13.1. The molecule has 0 saturated carbocycles. The Bertz CT molecular complexity index is 859. The van der Waals surface area contributed by atoms with Crippen LogP contribution in [0.5, 0.6) is 0 Å². The zero-order valence-electron chi connectivity index (χ0n) is 15.2. The number of nitrogens with zero attached hydrogens (tertiary/aromatic N) is 5. The van der Waals surface area contributed by atoms with Gasteiger partial charge >= 0.3 is 0 Å². The Morgan fingerprint density at radius 1 is 1.20 bits per heavy atom. The van der Waals surface area contributed by atoms with Gasteiger partial charge in [0.25, 0.3) is 5.91 Å². The van der Waals surface area contributed by atoms with E-state index in [-0.39, 0.29) is 11.9 Å². The molecule has 4 rings (SSSR count). The fourth-order valence-corrected chi connectivity index (χ4v) is 3.57. The molecule has 0 radical (unpaired) electrons. The Balaban J connectivity index is 1.69. The Labute approximate surface area is 147 Å². The predicted molar refractivity (Wildman–Crippen MR) is 95.6 cm³/mol. The summed E-state index contributed by atoms with van der Waals surface area (Å²) in [6.07, 6.45) is 2.87. The van der Waals surface area contributed by atoms with Gasteiger partial charge in [-0.1, -0.05) is 0 Å². The molecule has 2 aliphatic rings. The fourth-order valence-electron chi connectivity index (χ4n) is 3.57.